The minimum absolute atomic E-state index is 0.0660. The highest BCUT2D eigenvalue weighted by Gasteiger charge is 2.18. The minimum atomic E-state index is -0.364. The third-order valence-electron chi connectivity index (χ3n) is 2.98. The summed E-state index contributed by atoms with van der Waals surface area (Å²) in [5.41, 5.74) is 0.669. The monoisotopic (exact) mass is 320 g/mol. The predicted molar refractivity (Wildman–Crippen MR) is 89.0 cm³/mol. The average Bonchev–Trinajstić information content (AvgIpc) is 2.52. The Morgan fingerprint density at radius 2 is 1.70 bits per heavy atom. The van der Waals surface area contributed by atoms with Crippen LogP contribution < -0.4 is 10.6 Å². The van der Waals surface area contributed by atoms with E-state index in [1.54, 1.807) is 26.2 Å². The predicted octanol–water partition coefficient (Wildman–Crippen LogP) is 1.13. The van der Waals surface area contributed by atoms with Crippen LogP contribution in [0.25, 0.3) is 0 Å². The number of nitrogens with one attached hydrogen (secondary N) is 2. The van der Waals surface area contributed by atoms with Crippen molar-refractivity contribution < 1.29 is 14.4 Å². The lowest BCUT2D eigenvalue weighted by atomic mass is 10.3. The molecule has 23 heavy (non-hydrogen) atoms. The molecule has 0 spiro atoms. The highest BCUT2D eigenvalue weighted by molar-refractivity contribution is 5.95. The van der Waals surface area contributed by atoms with Gasteiger partial charge in [-0.3, -0.25) is 9.59 Å². The topological polar surface area (TPSA) is 81.8 Å². The molecule has 0 fully saturated rings. The molecular formula is C16H24N4O3. The Kier molecular flexibility index (Phi) is 7.59. The molecule has 7 heteroatoms. The van der Waals surface area contributed by atoms with Crippen molar-refractivity contribution in [2.45, 2.75) is 13.3 Å². The van der Waals surface area contributed by atoms with Crippen LogP contribution in [0.5, 0.6) is 0 Å². The van der Waals surface area contributed by atoms with Crippen molar-refractivity contribution in [1.82, 2.24) is 15.1 Å². The molecule has 0 unspecified atom stereocenters. The molecule has 1 aromatic carbocycles. The van der Waals surface area contributed by atoms with Crippen LogP contribution in [0, 0.1) is 0 Å². The lowest BCUT2D eigenvalue weighted by molar-refractivity contribution is -0.124. The van der Waals surface area contributed by atoms with E-state index < -0.39 is 0 Å². The second kappa shape index (κ2) is 9.45. The second-order valence-electron chi connectivity index (χ2n) is 5.29. The first-order valence-electron chi connectivity index (χ1n) is 7.51. The van der Waals surface area contributed by atoms with Crippen molar-refractivity contribution in [3.8, 4) is 0 Å². The molecule has 0 radical (unpaired) electrons. The summed E-state index contributed by atoms with van der Waals surface area (Å²) < 4.78 is 0. The highest BCUT2D eigenvalue weighted by atomic mass is 16.2. The molecule has 0 saturated carbocycles. The molecule has 1 aromatic rings. The maximum Gasteiger partial charge on any atom is 0.319 e. The Hall–Kier alpha value is -2.57. The third-order valence-corrected chi connectivity index (χ3v) is 2.98. The molecule has 1 rings (SSSR count). The Morgan fingerprint density at radius 1 is 1.04 bits per heavy atom. The van der Waals surface area contributed by atoms with Gasteiger partial charge in [-0.25, -0.2) is 4.79 Å². The van der Waals surface area contributed by atoms with E-state index in [0.29, 0.717) is 12.2 Å². The molecular weight excluding hydrogens is 296 g/mol. The number of carbonyl (C=O) groups is 3. The molecule has 4 amide bonds. The van der Waals surface area contributed by atoms with Crippen molar-refractivity contribution in [3.63, 3.8) is 0 Å². The van der Waals surface area contributed by atoms with Gasteiger partial charge >= 0.3 is 6.03 Å². The number of hydrogen-bond donors (Lipinski definition) is 2. The summed E-state index contributed by atoms with van der Waals surface area (Å²) in [6, 6.07) is 8.77. The fraction of sp³-hybridized carbons (Fsp3) is 0.438. The van der Waals surface area contributed by atoms with Gasteiger partial charge < -0.3 is 20.4 Å². The van der Waals surface area contributed by atoms with E-state index in [2.05, 4.69) is 10.6 Å². The van der Waals surface area contributed by atoms with E-state index in [1.807, 2.05) is 25.1 Å². The number of rotatable bonds is 7. The molecule has 7 nitrogen and oxygen atoms in total. The van der Waals surface area contributed by atoms with Gasteiger partial charge in [0.15, 0.2) is 0 Å². The van der Waals surface area contributed by atoms with Gasteiger partial charge in [0.25, 0.3) is 0 Å². The van der Waals surface area contributed by atoms with Crippen molar-refractivity contribution in [1.29, 1.82) is 0 Å². The van der Waals surface area contributed by atoms with Gasteiger partial charge in [0, 0.05) is 26.3 Å². The fourth-order valence-electron chi connectivity index (χ4n) is 1.93. The molecule has 0 aliphatic heterocycles. The van der Waals surface area contributed by atoms with Crippen molar-refractivity contribution >= 4 is 23.5 Å². The number of nitrogens with zero attached hydrogens (tertiary/aromatic N) is 2. The van der Waals surface area contributed by atoms with Gasteiger partial charge in [-0.1, -0.05) is 25.1 Å². The average molecular weight is 320 g/mol. The normalized spacial score (nSPS) is 9.87. The smallest absolute Gasteiger partial charge is 0.319 e. The molecule has 0 saturated heterocycles. The Morgan fingerprint density at radius 3 is 2.26 bits per heavy atom. The van der Waals surface area contributed by atoms with Gasteiger partial charge in [0.1, 0.15) is 6.54 Å². The first-order valence-corrected chi connectivity index (χ1v) is 7.51. The van der Waals surface area contributed by atoms with Gasteiger partial charge in [-0.05, 0) is 18.6 Å². The van der Waals surface area contributed by atoms with Crippen LogP contribution in [-0.4, -0.2) is 61.4 Å². The van der Waals surface area contributed by atoms with Gasteiger partial charge in [-0.15, -0.1) is 0 Å². The molecule has 2 N–H and O–H groups in total. The number of hydrogen-bond acceptors (Lipinski definition) is 3. The van der Waals surface area contributed by atoms with Crippen molar-refractivity contribution in [2.24, 2.45) is 0 Å². The van der Waals surface area contributed by atoms with Crippen LogP contribution in [-0.2, 0) is 9.59 Å². The molecule has 0 aliphatic rings. The van der Waals surface area contributed by atoms with Crippen LogP contribution >= 0.6 is 0 Å². The Labute approximate surface area is 136 Å². The SMILES string of the molecule is CCCN(CC(=O)NCC(=O)Nc1ccccc1)C(=O)N(C)C. The largest absolute Gasteiger partial charge is 0.345 e. The first-order chi connectivity index (χ1) is 10.9. The number of carbonyl (C=O) groups excluding carboxylic acids is 3. The molecule has 0 bridgehead atoms. The maximum absolute atomic E-state index is 11.9. The second-order valence-corrected chi connectivity index (χ2v) is 5.29. The number of anilines is 1. The number of benzene rings is 1. The van der Waals surface area contributed by atoms with Crippen molar-refractivity contribution in [2.75, 3.05) is 39.0 Å². The van der Waals surface area contributed by atoms with E-state index in [9.17, 15) is 14.4 Å². The van der Waals surface area contributed by atoms with Gasteiger partial charge in [-0.2, -0.15) is 0 Å². The van der Waals surface area contributed by atoms with Crippen LogP contribution in [0.2, 0.25) is 0 Å². The molecule has 126 valence electrons. The fourth-order valence-corrected chi connectivity index (χ4v) is 1.93. The van der Waals surface area contributed by atoms with Gasteiger partial charge in [0.2, 0.25) is 11.8 Å². The van der Waals surface area contributed by atoms with Crippen LogP contribution in [0.3, 0.4) is 0 Å². The summed E-state index contributed by atoms with van der Waals surface area (Å²) in [6.07, 6.45) is 0.751. The van der Waals surface area contributed by atoms with E-state index in [1.165, 1.54) is 9.80 Å². The quantitative estimate of drug-likeness (QED) is 0.790. The van der Waals surface area contributed by atoms with E-state index in [0.717, 1.165) is 6.42 Å². The summed E-state index contributed by atoms with van der Waals surface area (Å²) >= 11 is 0. The maximum atomic E-state index is 11.9. The zero-order valence-corrected chi connectivity index (χ0v) is 13.8. The number of para-hydroxylation sites is 1. The third kappa shape index (κ3) is 6.82. The summed E-state index contributed by atoms with van der Waals surface area (Å²) in [5.74, 6) is -0.678. The van der Waals surface area contributed by atoms with Crippen LogP contribution in [0.1, 0.15) is 13.3 Å². The molecule has 0 aliphatic carbocycles. The van der Waals surface area contributed by atoms with E-state index >= 15 is 0 Å². The minimum Gasteiger partial charge on any atom is -0.345 e. The summed E-state index contributed by atoms with van der Waals surface area (Å²) in [7, 11) is 3.27. The van der Waals surface area contributed by atoms with Crippen LogP contribution in [0.4, 0.5) is 10.5 Å². The standard InChI is InChI=1S/C16H24N4O3/c1-4-10-20(16(23)19(2)3)12-15(22)17-11-14(21)18-13-8-6-5-7-9-13/h5-9H,4,10-12H2,1-3H3,(H,17,22)(H,18,21). The molecule has 0 heterocycles. The van der Waals surface area contributed by atoms with Gasteiger partial charge in [0.05, 0.1) is 6.54 Å². The number of urea groups is 1. The molecule has 0 aromatic heterocycles. The zero-order valence-electron chi connectivity index (χ0n) is 13.8. The van der Waals surface area contributed by atoms with Crippen LogP contribution in [0.15, 0.2) is 30.3 Å². The van der Waals surface area contributed by atoms with E-state index in [-0.39, 0.29) is 30.9 Å². The zero-order chi connectivity index (χ0) is 17.2. The lowest BCUT2D eigenvalue weighted by Gasteiger charge is -2.25. The lowest BCUT2D eigenvalue weighted by Crippen LogP contribution is -2.46. The summed E-state index contributed by atoms with van der Waals surface area (Å²) in [5, 5.41) is 5.20. The summed E-state index contributed by atoms with van der Waals surface area (Å²) in [4.78, 5) is 38.5. The Bertz CT molecular complexity index is 531. The Balaban J connectivity index is 2.42. The summed E-state index contributed by atoms with van der Waals surface area (Å²) in [6.45, 7) is 2.22. The highest BCUT2D eigenvalue weighted by Crippen LogP contribution is 2.04. The first kappa shape index (κ1) is 18.5. The van der Waals surface area contributed by atoms with Crippen molar-refractivity contribution in [3.05, 3.63) is 30.3 Å². The molecule has 0 atom stereocenters. The number of amides is 4. The van der Waals surface area contributed by atoms with E-state index in [4.69, 9.17) is 0 Å².